The van der Waals surface area contributed by atoms with E-state index in [0.29, 0.717) is 11.8 Å². The molecule has 2 atom stereocenters. The third kappa shape index (κ3) is 1.99. The summed E-state index contributed by atoms with van der Waals surface area (Å²) in [6.45, 7) is 4.60. The zero-order valence-electron chi connectivity index (χ0n) is 12.7. The van der Waals surface area contributed by atoms with Gasteiger partial charge < -0.3 is 4.57 Å². The van der Waals surface area contributed by atoms with E-state index in [0.717, 1.165) is 12.8 Å². The molecule has 1 aromatic carbocycles. The fourth-order valence-electron chi connectivity index (χ4n) is 3.60. The molecule has 0 N–H and O–H groups in total. The maximum Gasteiger partial charge on any atom is 0.0537 e. The third-order valence-electron chi connectivity index (χ3n) is 4.63. The highest BCUT2D eigenvalue weighted by molar-refractivity contribution is 5.95. The fraction of sp³-hybridized carbons (Fsp3) is 0.300. The number of aromatic nitrogens is 1. The highest BCUT2D eigenvalue weighted by Crippen LogP contribution is 2.36. The van der Waals surface area contributed by atoms with Gasteiger partial charge in [0.05, 0.1) is 5.52 Å². The minimum absolute atomic E-state index is 0.617. The lowest BCUT2D eigenvalue weighted by Crippen LogP contribution is -2.10. The van der Waals surface area contributed by atoms with E-state index in [1.807, 2.05) is 0 Å². The summed E-state index contributed by atoms with van der Waals surface area (Å²) in [6.07, 6.45) is 13.9. The minimum Gasteiger partial charge on any atom is -0.313 e. The number of nitrogens with zero attached hydrogens (tertiary/aromatic N) is 1. The van der Waals surface area contributed by atoms with Crippen LogP contribution in [0.2, 0.25) is 0 Å². The maximum absolute atomic E-state index is 2.48. The largest absolute Gasteiger partial charge is 0.313 e. The molecule has 2 aromatic rings. The molecule has 106 valence electrons. The van der Waals surface area contributed by atoms with Gasteiger partial charge in [-0.15, -0.1) is 0 Å². The van der Waals surface area contributed by atoms with E-state index in [9.17, 15) is 0 Å². The lowest BCUT2D eigenvalue weighted by Gasteiger charge is -2.20. The smallest absolute Gasteiger partial charge is 0.0537 e. The molecule has 0 fully saturated rings. The second kappa shape index (κ2) is 4.77. The van der Waals surface area contributed by atoms with Crippen LogP contribution >= 0.6 is 0 Å². The van der Waals surface area contributed by atoms with Crippen LogP contribution in [-0.2, 0) is 6.42 Å². The molecule has 2 unspecified atom stereocenters. The van der Waals surface area contributed by atoms with Crippen molar-refractivity contribution >= 4 is 22.7 Å². The van der Waals surface area contributed by atoms with Crippen molar-refractivity contribution in [3.63, 3.8) is 0 Å². The molecule has 1 heterocycles. The Hall–Kier alpha value is -2.02. The Morgan fingerprint density at radius 2 is 1.90 bits per heavy atom. The van der Waals surface area contributed by atoms with Gasteiger partial charge in [0.25, 0.3) is 0 Å². The van der Waals surface area contributed by atoms with Crippen molar-refractivity contribution in [2.75, 3.05) is 0 Å². The molecule has 1 heteroatoms. The van der Waals surface area contributed by atoms with E-state index in [2.05, 4.69) is 73.1 Å². The zero-order valence-corrected chi connectivity index (χ0v) is 12.7. The van der Waals surface area contributed by atoms with Crippen LogP contribution in [-0.4, -0.2) is 4.57 Å². The highest BCUT2D eigenvalue weighted by Gasteiger charge is 2.21. The van der Waals surface area contributed by atoms with Gasteiger partial charge in [0.15, 0.2) is 0 Å². The molecule has 0 bridgehead atoms. The van der Waals surface area contributed by atoms with Gasteiger partial charge in [0, 0.05) is 22.3 Å². The van der Waals surface area contributed by atoms with Crippen LogP contribution in [0.3, 0.4) is 0 Å². The first kappa shape index (κ1) is 12.7. The third-order valence-corrected chi connectivity index (χ3v) is 4.63. The molecule has 0 amide bonds. The van der Waals surface area contributed by atoms with E-state index < -0.39 is 0 Å². The van der Waals surface area contributed by atoms with E-state index in [-0.39, 0.29) is 0 Å². The number of para-hydroxylation sites is 1. The average molecular weight is 275 g/mol. The highest BCUT2D eigenvalue weighted by atomic mass is 15.0. The van der Waals surface area contributed by atoms with Crippen LogP contribution in [0.4, 0.5) is 0 Å². The number of benzene rings is 1. The predicted molar refractivity (Wildman–Crippen MR) is 91.0 cm³/mol. The Morgan fingerprint density at radius 3 is 2.76 bits per heavy atom. The lowest BCUT2D eigenvalue weighted by molar-refractivity contribution is 0.688. The summed E-state index contributed by atoms with van der Waals surface area (Å²) < 4.78 is 2.48. The molecule has 2 aliphatic rings. The summed E-state index contributed by atoms with van der Waals surface area (Å²) >= 11 is 0. The van der Waals surface area contributed by atoms with Crippen molar-refractivity contribution in [3.05, 3.63) is 59.8 Å². The van der Waals surface area contributed by atoms with Crippen molar-refractivity contribution in [1.29, 1.82) is 0 Å². The van der Waals surface area contributed by atoms with E-state index in [1.54, 1.807) is 0 Å². The Balaban J connectivity index is 2.02. The molecule has 2 aliphatic carbocycles. The number of hydrogen-bond donors (Lipinski definition) is 0. The molecule has 4 rings (SSSR count). The molecule has 0 saturated carbocycles. The summed E-state index contributed by atoms with van der Waals surface area (Å²) in [5, 5.41) is 1.38. The molecule has 21 heavy (non-hydrogen) atoms. The normalized spacial score (nSPS) is 24.2. The molecule has 0 radical (unpaired) electrons. The van der Waals surface area contributed by atoms with Crippen molar-refractivity contribution in [1.82, 2.24) is 4.57 Å². The Bertz CT molecular complexity index is 786. The number of fused-ring (bicyclic) bond motifs is 3. The first-order valence-electron chi connectivity index (χ1n) is 7.93. The zero-order chi connectivity index (χ0) is 14.4. The molecule has 0 aliphatic heterocycles. The van der Waals surface area contributed by atoms with Gasteiger partial charge in [-0.1, -0.05) is 56.4 Å². The first-order chi connectivity index (χ1) is 10.2. The second-order valence-corrected chi connectivity index (χ2v) is 6.46. The van der Waals surface area contributed by atoms with Crippen LogP contribution < -0.4 is 0 Å². The minimum atomic E-state index is 0.617. The van der Waals surface area contributed by atoms with Crippen LogP contribution in [0.1, 0.15) is 31.5 Å². The molecule has 0 spiro atoms. The van der Waals surface area contributed by atoms with Gasteiger partial charge >= 0.3 is 0 Å². The van der Waals surface area contributed by atoms with Gasteiger partial charge in [0.2, 0.25) is 0 Å². The average Bonchev–Trinajstić information content (AvgIpc) is 2.80. The van der Waals surface area contributed by atoms with Crippen LogP contribution in [0, 0.1) is 11.8 Å². The summed E-state index contributed by atoms with van der Waals surface area (Å²) in [4.78, 5) is 0. The van der Waals surface area contributed by atoms with E-state index in [1.165, 1.54) is 27.9 Å². The monoisotopic (exact) mass is 275 g/mol. The molecular formula is C20H21N. The Kier molecular flexibility index (Phi) is 2.88. The number of hydrogen-bond acceptors (Lipinski definition) is 0. The quantitative estimate of drug-likeness (QED) is 0.667. The van der Waals surface area contributed by atoms with Gasteiger partial charge in [-0.2, -0.15) is 0 Å². The van der Waals surface area contributed by atoms with Crippen LogP contribution in [0.5, 0.6) is 0 Å². The topological polar surface area (TPSA) is 4.93 Å². The van der Waals surface area contributed by atoms with E-state index in [4.69, 9.17) is 0 Å². The van der Waals surface area contributed by atoms with E-state index >= 15 is 0 Å². The number of rotatable bonds is 1. The Labute approximate surface area is 126 Å². The molecular weight excluding hydrogens is 254 g/mol. The summed E-state index contributed by atoms with van der Waals surface area (Å²) in [6, 6.07) is 8.79. The van der Waals surface area contributed by atoms with Crippen LogP contribution in [0.15, 0.2) is 48.6 Å². The fourth-order valence-corrected chi connectivity index (χ4v) is 3.60. The molecule has 1 aromatic heterocycles. The predicted octanol–water partition coefficient (Wildman–Crippen LogP) is 5.28. The lowest BCUT2D eigenvalue weighted by atomic mass is 9.94. The van der Waals surface area contributed by atoms with Gasteiger partial charge in [-0.3, -0.25) is 0 Å². The van der Waals surface area contributed by atoms with Crippen molar-refractivity contribution in [2.45, 2.75) is 26.7 Å². The standard InChI is InChI=1S/C20H21N/c1-14-6-5-7-16(12-14)21-19-9-4-3-8-17(19)18-11-10-15(2)13-20(18)21/h3-5,7-12,14-15H,6,13H2,1-2H3. The molecule has 1 nitrogen and oxygen atoms in total. The van der Waals surface area contributed by atoms with Gasteiger partial charge in [-0.05, 0) is 36.8 Å². The molecule has 0 saturated heterocycles. The van der Waals surface area contributed by atoms with Crippen molar-refractivity contribution in [3.8, 4) is 0 Å². The van der Waals surface area contributed by atoms with Crippen molar-refractivity contribution in [2.24, 2.45) is 11.8 Å². The van der Waals surface area contributed by atoms with Crippen LogP contribution in [0.25, 0.3) is 22.7 Å². The van der Waals surface area contributed by atoms with Crippen molar-refractivity contribution < 1.29 is 0 Å². The SMILES string of the molecule is CC1C=C(n2c3c(c4ccccc42)C=CC(C)C3)C=CC1. The first-order valence-corrected chi connectivity index (χ1v) is 7.93. The summed E-state index contributed by atoms with van der Waals surface area (Å²) in [5.74, 6) is 1.24. The second-order valence-electron chi connectivity index (χ2n) is 6.46. The maximum atomic E-state index is 2.48. The summed E-state index contributed by atoms with van der Waals surface area (Å²) in [7, 11) is 0. The van der Waals surface area contributed by atoms with Gasteiger partial charge in [-0.25, -0.2) is 0 Å². The Morgan fingerprint density at radius 1 is 1.05 bits per heavy atom. The summed E-state index contributed by atoms with van der Waals surface area (Å²) in [5.41, 5.74) is 5.56. The number of allylic oxidation sites excluding steroid dienone is 5. The van der Waals surface area contributed by atoms with Gasteiger partial charge in [0.1, 0.15) is 0 Å².